The summed E-state index contributed by atoms with van der Waals surface area (Å²) in [5.41, 5.74) is 3.91. The molecule has 4 nitrogen and oxygen atoms in total. The van der Waals surface area contributed by atoms with Gasteiger partial charge in [-0.25, -0.2) is 4.79 Å². The molecule has 126 valence electrons. The Morgan fingerprint density at radius 1 is 1.29 bits per heavy atom. The normalized spacial score (nSPS) is 20.6. The summed E-state index contributed by atoms with van der Waals surface area (Å²) >= 11 is 3.44. The largest absolute Gasteiger partial charge is 0.463 e. The molecule has 1 aromatic carbocycles. The second-order valence-electron chi connectivity index (χ2n) is 6.04. The van der Waals surface area contributed by atoms with Crippen molar-refractivity contribution in [2.45, 2.75) is 39.0 Å². The van der Waals surface area contributed by atoms with Gasteiger partial charge in [-0.3, -0.25) is 4.79 Å². The van der Waals surface area contributed by atoms with Gasteiger partial charge < -0.3 is 10.1 Å². The van der Waals surface area contributed by atoms with Crippen LogP contribution < -0.4 is 5.32 Å². The topological polar surface area (TPSA) is 55.4 Å². The average molecular weight is 390 g/mol. The van der Waals surface area contributed by atoms with E-state index >= 15 is 0 Å². The number of carbonyl (C=O) groups is 2. The lowest BCUT2D eigenvalue weighted by Gasteiger charge is -2.34. The number of carbonyl (C=O) groups excluding carboxylic acids is 2. The zero-order valence-corrected chi connectivity index (χ0v) is 15.4. The molecule has 0 fully saturated rings. The number of hydrogen-bond acceptors (Lipinski definition) is 4. The molecule has 0 amide bonds. The lowest BCUT2D eigenvalue weighted by molar-refractivity contribution is -0.138. The summed E-state index contributed by atoms with van der Waals surface area (Å²) in [6.45, 7) is 3.97. The fourth-order valence-electron chi connectivity index (χ4n) is 3.45. The van der Waals surface area contributed by atoms with Crippen molar-refractivity contribution in [1.82, 2.24) is 5.32 Å². The van der Waals surface area contributed by atoms with E-state index in [2.05, 4.69) is 21.2 Å². The Labute approximate surface area is 150 Å². The van der Waals surface area contributed by atoms with Crippen molar-refractivity contribution in [3.05, 3.63) is 56.8 Å². The first-order valence-corrected chi connectivity index (χ1v) is 8.98. The summed E-state index contributed by atoms with van der Waals surface area (Å²) in [6, 6.07) is 7.78. The summed E-state index contributed by atoms with van der Waals surface area (Å²) in [5, 5.41) is 3.28. The van der Waals surface area contributed by atoms with Crippen LogP contribution in [0.1, 0.15) is 44.6 Å². The average Bonchev–Trinajstić information content (AvgIpc) is 2.55. The van der Waals surface area contributed by atoms with E-state index in [1.165, 1.54) is 0 Å². The van der Waals surface area contributed by atoms with Gasteiger partial charge in [0.05, 0.1) is 12.2 Å². The Bertz CT molecular complexity index is 746. The first-order valence-electron chi connectivity index (χ1n) is 8.19. The van der Waals surface area contributed by atoms with E-state index in [-0.39, 0.29) is 17.7 Å². The highest BCUT2D eigenvalue weighted by molar-refractivity contribution is 9.10. The quantitative estimate of drug-likeness (QED) is 0.794. The molecule has 0 radical (unpaired) electrons. The van der Waals surface area contributed by atoms with Gasteiger partial charge in [-0.1, -0.05) is 28.1 Å². The van der Waals surface area contributed by atoms with Crippen molar-refractivity contribution in [2.24, 2.45) is 0 Å². The predicted molar refractivity (Wildman–Crippen MR) is 95.2 cm³/mol. The first-order chi connectivity index (χ1) is 11.5. The molecule has 0 spiro atoms. The molecule has 1 atom stereocenters. The van der Waals surface area contributed by atoms with Crippen LogP contribution in [0.25, 0.3) is 0 Å². The molecule has 1 heterocycles. The Hall–Kier alpha value is -1.88. The van der Waals surface area contributed by atoms with Gasteiger partial charge in [0.15, 0.2) is 5.78 Å². The van der Waals surface area contributed by atoms with Crippen LogP contribution in [0.3, 0.4) is 0 Å². The van der Waals surface area contributed by atoms with Gasteiger partial charge in [0, 0.05) is 33.8 Å². The van der Waals surface area contributed by atoms with Crippen molar-refractivity contribution in [1.29, 1.82) is 0 Å². The lowest BCUT2D eigenvalue weighted by atomic mass is 9.75. The smallest absolute Gasteiger partial charge is 0.336 e. The van der Waals surface area contributed by atoms with Crippen LogP contribution in [0, 0.1) is 0 Å². The molecule has 5 heteroatoms. The summed E-state index contributed by atoms with van der Waals surface area (Å²) in [7, 11) is 0. The number of benzene rings is 1. The van der Waals surface area contributed by atoms with Crippen molar-refractivity contribution in [3.63, 3.8) is 0 Å². The molecule has 0 aromatic heterocycles. The van der Waals surface area contributed by atoms with E-state index in [9.17, 15) is 9.59 Å². The molecule has 0 bridgehead atoms. The van der Waals surface area contributed by atoms with E-state index in [0.717, 1.165) is 39.8 Å². The first kappa shape index (κ1) is 17.0. The van der Waals surface area contributed by atoms with E-state index in [0.29, 0.717) is 18.6 Å². The summed E-state index contributed by atoms with van der Waals surface area (Å²) in [4.78, 5) is 25.2. The molecule has 0 unspecified atom stereocenters. The van der Waals surface area contributed by atoms with Crippen LogP contribution in [0.4, 0.5) is 0 Å². The number of hydrogen-bond donors (Lipinski definition) is 1. The number of dihydropyridines is 1. The molecule has 1 aliphatic carbocycles. The van der Waals surface area contributed by atoms with Crippen LogP contribution in [-0.2, 0) is 14.3 Å². The third kappa shape index (κ3) is 3.05. The minimum absolute atomic E-state index is 0.117. The number of nitrogens with one attached hydrogen (secondary N) is 1. The number of halogens is 1. The van der Waals surface area contributed by atoms with Crippen LogP contribution >= 0.6 is 15.9 Å². The van der Waals surface area contributed by atoms with Gasteiger partial charge in [-0.15, -0.1) is 0 Å². The minimum atomic E-state index is -0.361. The van der Waals surface area contributed by atoms with E-state index < -0.39 is 0 Å². The maximum Gasteiger partial charge on any atom is 0.336 e. The van der Waals surface area contributed by atoms with Gasteiger partial charge >= 0.3 is 5.97 Å². The van der Waals surface area contributed by atoms with Gasteiger partial charge in [-0.2, -0.15) is 0 Å². The standard InChI is InChI=1S/C19H20BrNO3/c1-3-24-19(23)16-11(2)21-14-5-4-6-15(22)18(14)17(16)12-7-9-13(20)10-8-12/h7-10,17,21H,3-6H2,1-2H3/t17-/m1/s1. The Kier molecular flexibility index (Phi) is 4.90. The zero-order valence-electron chi connectivity index (χ0n) is 13.8. The van der Waals surface area contributed by atoms with E-state index in [1.54, 1.807) is 6.92 Å². The third-order valence-electron chi connectivity index (χ3n) is 4.47. The molecule has 3 rings (SSSR count). The summed E-state index contributed by atoms with van der Waals surface area (Å²) in [6.07, 6.45) is 2.21. The second-order valence-corrected chi connectivity index (χ2v) is 6.95. The number of Topliss-reactive ketones (excluding diaryl/α,β-unsaturated/α-hetero) is 1. The van der Waals surface area contributed by atoms with Crippen LogP contribution in [0.2, 0.25) is 0 Å². The molecule has 2 aliphatic rings. The predicted octanol–water partition coefficient (Wildman–Crippen LogP) is 3.98. The fraction of sp³-hybridized carbons (Fsp3) is 0.368. The molecular formula is C19H20BrNO3. The summed E-state index contributed by atoms with van der Waals surface area (Å²) in [5.74, 6) is -0.604. The van der Waals surface area contributed by atoms with E-state index in [4.69, 9.17) is 4.74 Å². The molecule has 1 N–H and O–H groups in total. The Morgan fingerprint density at radius 2 is 2.00 bits per heavy atom. The lowest BCUT2D eigenvalue weighted by Crippen LogP contribution is -2.34. The number of rotatable bonds is 3. The highest BCUT2D eigenvalue weighted by Gasteiger charge is 2.38. The SMILES string of the molecule is CCOC(=O)C1=C(C)NC2=C(C(=O)CCC2)[C@@H]1c1ccc(Br)cc1. The van der Waals surface area contributed by atoms with Crippen molar-refractivity contribution < 1.29 is 14.3 Å². The van der Waals surface area contributed by atoms with E-state index in [1.807, 2.05) is 31.2 Å². The molecule has 1 aromatic rings. The number of ether oxygens (including phenoxy) is 1. The minimum Gasteiger partial charge on any atom is -0.463 e. The second kappa shape index (κ2) is 6.93. The highest BCUT2D eigenvalue weighted by atomic mass is 79.9. The fourth-order valence-corrected chi connectivity index (χ4v) is 3.72. The van der Waals surface area contributed by atoms with Gasteiger partial charge in [0.2, 0.25) is 0 Å². The Morgan fingerprint density at radius 3 is 2.67 bits per heavy atom. The molecular weight excluding hydrogens is 370 g/mol. The summed E-state index contributed by atoms with van der Waals surface area (Å²) < 4.78 is 6.22. The monoisotopic (exact) mass is 389 g/mol. The maximum absolute atomic E-state index is 12.6. The van der Waals surface area contributed by atoms with Crippen LogP contribution in [0.5, 0.6) is 0 Å². The van der Waals surface area contributed by atoms with Gasteiger partial charge in [0.1, 0.15) is 0 Å². The molecule has 24 heavy (non-hydrogen) atoms. The molecule has 0 saturated heterocycles. The van der Waals surface area contributed by atoms with Crippen LogP contribution in [-0.4, -0.2) is 18.4 Å². The Balaban J connectivity index is 2.15. The van der Waals surface area contributed by atoms with Crippen molar-refractivity contribution in [2.75, 3.05) is 6.61 Å². The zero-order chi connectivity index (χ0) is 17.3. The van der Waals surface area contributed by atoms with Crippen molar-refractivity contribution >= 4 is 27.7 Å². The van der Waals surface area contributed by atoms with Gasteiger partial charge in [-0.05, 0) is 44.4 Å². The van der Waals surface area contributed by atoms with Crippen LogP contribution in [0.15, 0.2) is 51.3 Å². The number of allylic oxidation sites excluding steroid dienone is 3. The third-order valence-corrected chi connectivity index (χ3v) is 5.00. The number of ketones is 1. The maximum atomic E-state index is 12.6. The molecule has 0 saturated carbocycles. The van der Waals surface area contributed by atoms with Crippen molar-refractivity contribution in [3.8, 4) is 0 Å². The molecule has 1 aliphatic heterocycles. The van der Waals surface area contributed by atoms with Gasteiger partial charge in [0.25, 0.3) is 0 Å². The highest BCUT2D eigenvalue weighted by Crippen LogP contribution is 2.42. The number of esters is 1.